The SMILES string of the molecule is CC(O)Cn1cc(Nc2ncc(Cl)c(NCc3cc(S(N)(=O)=O)ccc3F)n2)cn1. The molecule has 5 N–H and O–H groups in total. The Labute approximate surface area is 177 Å². The second-order valence-electron chi connectivity index (χ2n) is 6.47. The fourth-order valence-corrected chi connectivity index (χ4v) is 3.24. The number of hydrogen-bond acceptors (Lipinski definition) is 8. The summed E-state index contributed by atoms with van der Waals surface area (Å²) in [6.07, 6.45) is 4.03. The van der Waals surface area contributed by atoms with Crippen molar-refractivity contribution in [2.75, 3.05) is 10.6 Å². The first-order valence-electron chi connectivity index (χ1n) is 8.67. The lowest BCUT2D eigenvalue weighted by atomic mass is 10.2. The summed E-state index contributed by atoms with van der Waals surface area (Å²) in [4.78, 5) is 8.11. The zero-order valence-electron chi connectivity index (χ0n) is 15.7. The van der Waals surface area contributed by atoms with Gasteiger partial charge in [0.25, 0.3) is 0 Å². The van der Waals surface area contributed by atoms with E-state index in [2.05, 4.69) is 25.7 Å². The topological polar surface area (TPSA) is 148 Å². The van der Waals surface area contributed by atoms with Crippen LogP contribution in [-0.2, 0) is 23.1 Å². The molecule has 0 saturated carbocycles. The van der Waals surface area contributed by atoms with Crippen LogP contribution < -0.4 is 15.8 Å². The first-order chi connectivity index (χ1) is 14.1. The monoisotopic (exact) mass is 455 g/mol. The van der Waals surface area contributed by atoms with Gasteiger partial charge in [-0.3, -0.25) is 4.68 Å². The van der Waals surface area contributed by atoms with E-state index in [0.717, 1.165) is 18.2 Å². The molecule has 0 radical (unpaired) electrons. The largest absolute Gasteiger partial charge is 0.391 e. The summed E-state index contributed by atoms with van der Waals surface area (Å²) in [5, 5.41) is 24.6. The van der Waals surface area contributed by atoms with Crippen molar-refractivity contribution in [2.24, 2.45) is 5.14 Å². The number of aromatic nitrogens is 4. The van der Waals surface area contributed by atoms with Crippen molar-refractivity contribution in [3.05, 3.63) is 53.2 Å². The summed E-state index contributed by atoms with van der Waals surface area (Å²) in [7, 11) is -3.96. The fraction of sp³-hybridized carbons (Fsp3) is 0.235. The van der Waals surface area contributed by atoms with Crippen LogP contribution in [0.3, 0.4) is 0 Å². The number of nitrogens with one attached hydrogen (secondary N) is 2. The first kappa shape index (κ1) is 21.9. The highest BCUT2D eigenvalue weighted by Gasteiger charge is 2.13. The van der Waals surface area contributed by atoms with E-state index >= 15 is 0 Å². The average Bonchev–Trinajstić information content (AvgIpc) is 3.08. The van der Waals surface area contributed by atoms with Crippen molar-refractivity contribution < 1.29 is 17.9 Å². The molecule has 0 aliphatic carbocycles. The van der Waals surface area contributed by atoms with Gasteiger partial charge in [-0.25, -0.2) is 22.9 Å². The molecule has 3 rings (SSSR count). The Morgan fingerprint density at radius 2 is 2.13 bits per heavy atom. The molecule has 1 unspecified atom stereocenters. The molecule has 2 aromatic heterocycles. The van der Waals surface area contributed by atoms with E-state index in [-0.39, 0.29) is 33.8 Å². The Morgan fingerprint density at radius 1 is 1.37 bits per heavy atom. The molecule has 30 heavy (non-hydrogen) atoms. The third kappa shape index (κ3) is 5.63. The summed E-state index contributed by atoms with van der Waals surface area (Å²) < 4.78 is 38.5. The van der Waals surface area contributed by atoms with E-state index in [9.17, 15) is 17.9 Å². The van der Waals surface area contributed by atoms with E-state index in [1.54, 1.807) is 24.0 Å². The number of anilines is 3. The van der Waals surface area contributed by atoms with Crippen molar-refractivity contribution in [3.63, 3.8) is 0 Å². The van der Waals surface area contributed by atoms with Gasteiger partial charge in [-0.05, 0) is 25.1 Å². The molecule has 2 heterocycles. The summed E-state index contributed by atoms with van der Waals surface area (Å²) >= 11 is 6.10. The molecule has 0 saturated heterocycles. The first-order valence-corrected chi connectivity index (χ1v) is 10.6. The molecular formula is C17H19ClFN7O3S. The molecule has 0 amide bonds. The number of nitrogens with zero attached hydrogens (tertiary/aromatic N) is 4. The van der Waals surface area contributed by atoms with E-state index in [1.165, 1.54) is 6.20 Å². The second-order valence-corrected chi connectivity index (χ2v) is 8.44. The Kier molecular flexibility index (Phi) is 6.51. The number of halogens is 2. The van der Waals surface area contributed by atoms with Crippen LogP contribution in [0, 0.1) is 5.82 Å². The van der Waals surface area contributed by atoms with E-state index in [4.69, 9.17) is 16.7 Å². The predicted octanol–water partition coefficient (Wildman–Crippen LogP) is 1.85. The summed E-state index contributed by atoms with van der Waals surface area (Å²) in [5.74, 6) is -0.188. The number of aliphatic hydroxyl groups excluding tert-OH is 1. The average molecular weight is 456 g/mol. The number of nitrogens with two attached hydrogens (primary N) is 1. The number of hydrogen-bond donors (Lipinski definition) is 4. The molecule has 0 aliphatic rings. The van der Waals surface area contributed by atoms with E-state index < -0.39 is 21.9 Å². The van der Waals surface area contributed by atoms with Gasteiger partial charge in [0.2, 0.25) is 16.0 Å². The van der Waals surface area contributed by atoms with Gasteiger partial charge in [0, 0.05) is 18.3 Å². The van der Waals surface area contributed by atoms with Crippen molar-refractivity contribution in [2.45, 2.75) is 31.0 Å². The molecule has 160 valence electrons. The van der Waals surface area contributed by atoms with Crippen molar-refractivity contribution in [1.29, 1.82) is 0 Å². The maximum atomic E-state index is 14.0. The smallest absolute Gasteiger partial charge is 0.238 e. The minimum absolute atomic E-state index is 0.0742. The minimum atomic E-state index is -3.96. The third-order valence-corrected chi connectivity index (χ3v) is 5.06. The number of rotatable bonds is 8. The molecule has 0 fully saturated rings. The van der Waals surface area contributed by atoms with Crippen molar-refractivity contribution in [1.82, 2.24) is 19.7 Å². The number of sulfonamides is 1. The van der Waals surface area contributed by atoms with Crippen molar-refractivity contribution in [3.8, 4) is 0 Å². The highest BCUT2D eigenvalue weighted by molar-refractivity contribution is 7.89. The summed E-state index contributed by atoms with van der Waals surface area (Å²) in [6, 6.07) is 3.25. The molecule has 13 heteroatoms. The highest BCUT2D eigenvalue weighted by Crippen LogP contribution is 2.23. The second kappa shape index (κ2) is 8.92. The predicted molar refractivity (Wildman–Crippen MR) is 109 cm³/mol. The van der Waals surface area contributed by atoms with Crippen LogP contribution in [0.5, 0.6) is 0 Å². The van der Waals surface area contributed by atoms with Gasteiger partial charge in [-0.15, -0.1) is 0 Å². The lowest BCUT2D eigenvalue weighted by Gasteiger charge is -2.11. The van der Waals surface area contributed by atoms with Crippen LogP contribution in [0.15, 0.2) is 41.7 Å². The minimum Gasteiger partial charge on any atom is -0.391 e. The Bertz CT molecular complexity index is 1150. The lowest BCUT2D eigenvalue weighted by Crippen LogP contribution is -2.13. The fourth-order valence-electron chi connectivity index (χ4n) is 2.52. The van der Waals surface area contributed by atoms with Crippen LogP contribution in [0.1, 0.15) is 12.5 Å². The Hall–Kier alpha value is -2.80. The summed E-state index contributed by atoms with van der Waals surface area (Å²) in [6.45, 7) is 1.90. The number of benzene rings is 1. The molecule has 10 nitrogen and oxygen atoms in total. The Balaban J connectivity index is 1.74. The van der Waals surface area contributed by atoms with E-state index in [0.29, 0.717) is 12.2 Å². The molecule has 1 aromatic carbocycles. The third-order valence-electron chi connectivity index (χ3n) is 3.88. The van der Waals surface area contributed by atoms with Gasteiger partial charge in [-0.1, -0.05) is 11.6 Å². The molecule has 0 bridgehead atoms. The number of aliphatic hydroxyl groups is 1. The van der Waals surface area contributed by atoms with Gasteiger partial charge < -0.3 is 15.7 Å². The van der Waals surface area contributed by atoms with Crippen LogP contribution in [0.25, 0.3) is 0 Å². The van der Waals surface area contributed by atoms with Crippen LogP contribution in [0.2, 0.25) is 5.02 Å². The zero-order chi connectivity index (χ0) is 21.9. The Morgan fingerprint density at radius 3 is 2.83 bits per heavy atom. The van der Waals surface area contributed by atoms with E-state index in [1.807, 2.05) is 0 Å². The van der Waals surface area contributed by atoms with Gasteiger partial charge in [0.15, 0.2) is 5.82 Å². The van der Waals surface area contributed by atoms with Crippen LogP contribution in [0.4, 0.5) is 21.8 Å². The maximum Gasteiger partial charge on any atom is 0.238 e. The maximum absolute atomic E-state index is 14.0. The molecule has 0 aliphatic heterocycles. The molecule has 0 spiro atoms. The lowest BCUT2D eigenvalue weighted by molar-refractivity contribution is 0.168. The van der Waals surface area contributed by atoms with Crippen LogP contribution in [-0.4, -0.2) is 39.4 Å². The highest BCUT2D eigenvalue weighted by atomic mass is 35.5. The quantitative estimate of drug-likeness (QED) is 0.402. The van der Waals surface area contributed by atoms with Gasteiger partial charge >= 0.3 is 0 Å². The van der Waals surface area contributed by atoms with Crippen LogP contribution >= 0.6 is 11.6 Å². The standard InChI is InChI=1S/C17H19ClFN7O3S/c1-10(27)8-26-9-12(6-23-26)24-17-22-7-14(18)16(25-17)21-5-11-4-13(30(20,28)29)2-3-15(11)19/h2-4,6-7,9-10,27H,5,8H2,1H3,(H2,20,28,29)(H2,21,22,24,25). The molecule has 3 aromatic rings. The molecular weight excluding hydrogens is 437 g/mol. The molecule has 1 atom stereocenters. The zero-order valence-corrected chi connectivity index (χ0v) is 17.3. The number of primary sulfonamides is 1. The van der Waals surface area contributed by atoms with Gasteiger partial charge in [0.05, 0.1) is 35.6 Å². The van der Waals surface area contributed by atoms with Gasteiger partial charge in [-0.2, -0.15) is 10.1 Å². The normalized spacial score (nSPS) is 12.6. The van der Waals surface area contributed by atoms with Crippen molar-refractivity contribution >= 4 is 39.1 Å². The van der Waals surface area contributed by atoms with Gasteiger partial charge in [0.1, 0.15) is 10.8 Å². The summed E-state index contributed by atoms with van der Waals surface area (Å²) in [5.41, 5.74) is 0.668.